The Hall–Kier alpha value is -1.84. The number of imidazole rings is 1. The Bertz CT molecular complexity index is 508. The van der Waals surface area contributed by atoms with Crippen molar-refractivity contribution in [1.29, 1.82) is 0 Å². The van der Waals surface area contributed by atoms with Gasteiger partial charge in [0, 0.05) is 24.4 Å². The zero-order valence-corrected chi connectivity index (χ0v) is 9.98. The van der Waals surface area contributed by atoms with Crippen molar-refractivity contribution in [2.24, 2.45) is 0 Å². The van der Waals surface area contributed by atoms with Gasteiger partial charge in [-0.1, -0.05) is 19.1 Å². The first-order chi connectivity index (χ1) is 8.26. The molecule has 1 heterocycles. The van der Waals surface area contributed by atoms with Crippen molar-refractivity contribution in [1.82, 2.24) is 9.55 Å². The van der Waals surface area contributed by atoms with Crippen molar-refractivity contribution in [3.05, 3.63) is 47.8 Å². The van der Waals surface area contributed by atoms with Gasteiger partial charge < -0.3 is 9.30 Å². The number of hydrogen-bond donors (Lipinski definition) is 0. The highest BCUT2D eigenvalue weighted by atomic mass is 19.1. The van der Waals surface area contributed by atoms with E-state index in [4.69, 9.17) is 4.74 Å². The number of rotatable bonds is 4. The number of methoxy groups -OCH3 is 1. The Labute approximate surface area is 99.9 Å². The van der Waals surface area contributed by atoms with Crippen LogP contribution in [-0.4, -0.2) is 16.7 Å². The molecular weight excluding hydrogens is 219 g/mol. The molecule has 3 nitrogen and oxygen atoms in total. The van der Waals surface area contributed by atoms with Crippen LogP contribution in [0.25, 0.3) is 0 Å². The summed E-state index contributed by atoms with van der Waals surface area (Å²) in [5, 5.41) is 0. The molecule has 0 atom stereocenters. The zero-order chi connectivity index (χ0) is 12.3. The molecule has 0 saturated carbocycles. The van der Waals surface area contributed by atoms with E-state index in [0.29, 0.717) is 12.1 Å². The van der Waals surface area contributed by atoms with Crippen LogP contribution in [0.4, 0.5) is 4.39 Å². The van der Waals surface area contributed by atoms with Crippen LogP contribution in [0.5, 0.6) is 5.75 Å². The van der Waals surface area contributed by atoms with Gasteiger partial charge in [-0.25, -0.2) is 9.37 Å². The van der Waals surface area contributed by atoms with E-state index >= 15 is 0 Å². The number of benzene rings is 1. The fourth-order valence-electron chi connectivity index (χ4n) is 1.82. The molecule has 0 aliphatic rings. The van der Waals surface area contributed by atoms with Crippen LogP contribution >= 0.6 is 0 Å². The molecule has 2 rings (SSSR count). The molecule has 90 valence electrons. The number of aromatic nitrogens is 2. The first-order valence-electron chi connectivity index (χ1n) is 5.57. The largest absolute Gasteiger partial charge is 0.494 e. The summed E-state index contributed by atoms with van der Waals surface area (Å²) in [7, 11) is 1.47. The number of aryl methyl sites for hydroxylation is 1. The molecule has 0 radical (unpaired) electrons. The fourth-order valence-corrected chi connectivity index (χ4v) is 1.82. The molecule has 1 aromatic heterocycles. The summed E-state index contributed by atoms with van der Waals surface area (Å²) in [6.45, 7) is 2.51. The van der Waals surface area contributed by atoms with Crippen molar-refractivity contribution in [3.8, 4) is 5.75 Å². The average Bonchev–Trinajstić information content (AvgIpc) is 2.79. The summed E-state index contributed by atoms with van der Waals surface area (Å²) in [5.41, 5.74) is 0.608. The lowest BCUT2D eigenvalue weighted by molar-refractivity contribution is 0.383. The molecule has 0 aliphatic carbocycles. The van der Waals surface area contributed by atoms with E-state index in [1.54, 1.807) is 24.4 Å². The zero-order valence-electron chi connectivity index (χ0n) is 9.98. The summed E-state index contributed by atoms with van der Waals surface area (Å²) in [6.07, 6.45) is 4.42. The number of halogens is 1. The molecule has 1 aromatic carbocycles. The Morgan fingerprint density at radius 2 is 2.24 bits per heavy atom. The molecule has 2 aromatic rings. The highest BCUT2D eigenvalue weighted by Gasteiger charge is 2.09. The van der Waals surface area contributed by atoms with Gasteiger partial charge in [0.25, 0.3) is 0 Å². The highest BCUT2D eigenvalue weighted by molar-refractivity contribution is 5.31. The van der Waals surface area contributed by atoms with E-state index in [0.717, 1.165) is 12.2 Å². The van der Waals surface area contributed by atoms with Crippen molar-refractivity contribution < 1.29 is 9.13 Å². The molecule has 0 bridgehead atoms. The van der Waals surface area contributed by atoms with Crippen LogP contribution in [0.2, 0.25) is 0 Å². The monoisotopic (exact) mass is 234 g/mol. The molecule has 17 heavy (non-hydrogen) atoms. The third kappa shape index (κ3) is 2.30. The quantitative estimate of drug-likeness (QED) is 0.813. The van der Waals surface area contributed by atoms with Gasteiger partial charge in [-0.15, -0.1) is 0 Å². The predicted molar refractivity (Wildman–Crippen MR) is 63.7 cm³/mol. The second-order valence-corrected chi connectivity index (χ2v) is 3.76. The van der Waals surface area contributed by atoms with Crippen molar-refractivity contribution in [2.75, 3.05) is 7.11 Å². The van der Waals surface area contributed by atoms with Crippen LogP contribution < -0.4 is 4.74 Å². The van der Waals surface area contributed by atoms with Crippen molar-refractivity contribution in [3.63, 3.8) is 0 Å². The molecule has 0 unspecified atom stereocenters. The van der Waals surface area contributed by atoms with E-state index in [1.165, 1.54) is 7.11 Å². The number of hydrogen-bond acceptors (Lipinski definition) is 2. The Balaban J connectivity index is 2.30. The normalized spacial score (nSPS) is 10.5. The van der Waals surface area contributed by atoms with Crippen LogP contribution in [0.1, 0.15) is 18.3 Å². The third-order valence-electron chi connectivity index (χ3n) is 2.72. The molecule has 0 aliphatic heterocycles. The summed E-state index contributed by atoms with van der Waals surface area (Å²) >= 11 is 0. The Kier molecular flexibility index (Phi) is 3.42. The van der Waals surface area contributed by atoms with E-state index in [2.05, 4.69) is 4.98 Å². The molecule has 0 fully saturated rings. The first-order valence-corrected chi connectivity index (χ1v) is 5.57. The second kappa shape index (κ2) is 4.99. The van der Waals surface area contributed by atoms with Gasteiger partial charge in [0.2, 0.25) is 0 Å². The molecule has 4 heteroatoms. The van der Waals surface area contributed by atoms with E-state index < -0.39 is 0 Å². The van der Waals surface area contributed by atoms with Crippen LogP contribution in [0.15, 0.2) is 30.6 Å². The molecule has 0 amide bonds. The van der Waals surface area contributed by atoms with Crippen molar-refractivity contribution >= 4 is 0 Å². The van der Waals surface area contributed by atoms with Crippen LogP contribution in [0.3, 0.4) is 0 Å². The smallest absolute Gasteiger partial charge is 0.170 e. The third-order valence-corrected chi connectivity index (χ3v) is 2.72. The lowest BCUT2D eigenvalue weighted by Crippen LogP contribution is -2.05. The summed E-state index contributed by atoms with van der Waals surface area (Å²) in [5.74, 6) is 0.929. The van der Waals surface area contributed by atoms with E-state index in [9.17, 15) is 4.39 Å². The minimum Gasteiger partial charge on any atom is -0.494 e. The lowest BCUT2D eigenvalue weighted by atomic mass is 10.2. The predicted octanol–water partition coefficient (Wildman–Crippen LogP) is 2.64. The van der Waals surface area contributed by atoms with Crippen molar-refractivity contribution in [2.45, 2.75) is 19.9 Å². The number of ether oxygens (including phenoxy) is 1. The van der Waals surface area contributed by atoms with E-state index in [1.807, 2.05) is 17.7 Å². The van der Waals surface area contributed by atoms with Gasteiger partial charge in [-0.3, -0.25) is 0 Å². The van der Waals surface area contributed by atoms with E-state index in [-0.39, 0.29) is 11.6 Å². The minimum atomic E-state index is -0.300. The Morgan fingerprint density at radius 1 is 1.41 bits per heavy atom. The summed E-state index contributed by atoms with van der Waals surface area (Å²) in [6, 6.07) is 5.17. The topological polar surface area (TPSA) is 27.1 Å². The second-order valence-electron chi connectivity index (χ2n) is 3.76. The first kappa shape index (κ1) is 11.6. The van der Waals surface area contributed by atoms with Gasteiger partial charge in [-0.05, 0) is 6.07 Å². The summed E-state index contributed by atoms with van der Waals surface area (Å²) < 4.78 is 20.8. The highest BCUT2D eigenvalue weighted by Crippen LogP contribution is 2.21. The van der Waals surface area contributed by atoms with Gasteiger partial charge in [-0.2, -0.15) is 0 Å². The Morgan fingerprint density at radius 3 is 2.94 bits per heavy atom. The maximum absolute atomic E-state index is 13.9. The molecule has 0 spiro atoms. The maximum atomic E-state index is 13.9. The fraction of sp³-hybridized carbons (Fsp3) is 0.308. The maximum Gasteiger partial charge on any atom is 0.170 e. The van der Waals surface area contributed by atoms with Crippen LogP contribution in [0, 0.1) is 5.82 Å². The SMILES string of the molecule is CCc1nccn1Cc1cccc(OC)c1F. The minimum absolute atomic E-state index is 0.278. The number of nitrogens with zero attached hydrogens (tertiary/aromatic N) is 2. The van der Waals surface area contributed by atoms with Gasteiger partial charge in [0.05, 0.1) is 13.7 Å². The molecule has 0 N–H and O–H groups in total. The van der Waals surface area contributed by atoms with Gasteiger partial charge in [0.1, 0.15) is 5.82 Å². The average molecular weight is 234 g/mol. The molecular formula is C13H15FN2O. The van der Waals surface area contributed by atoms with Crippen LogP contribution in [-0.2, 0) is 13.0 Å². The molecule has 0 saturated heterocycles. The lowest BCUT2D eigenvalue weighted by Gasteiger charge is -2.09. The summed E-state index contributed by atoms with van der Waals surface area (Å²) in [4.78, 5) is 4.21. The standard InChI is InChI=1S/C13H15FN2O/c1-3-12-15-7-8-16(12)9-10-5-4-6-11(17-2)13(10)14/h4-8H,3,9H2,1-2H3. The van der Waals surface area contributed by atoms with Gasteiger partial charge >= 0.3 is 0 Å². The van der Waals surface area contributed by atoms with Gasteiger partial charge in [0.15, 0.2) is 11.6 Å².